The molecule has 24 heavy (non-hydrogen) atoms. The number of rotatable bonds is 4. The molecule has 1 aliphatic heterocycles. The van der Waals surface area contributed by atoms with Crippen LogP contribution < -0.4 is 10.6 Å². The summed E-state index contributed by atoms with van der Waals surface area (Å²) in [5, 5.41) is 6.00. The summed E-state index contributed by atoms with van der Waals surface area (Å²) >= 11 is 0. The molecule has 0 saturated carbocycles. The summed E-state index contributed by atoms with van der Waals surface area (Å²) in [6.07, 6.45) is 3.49. The molecule has 0 aromatic heterocycles. The maximum Gasteiger partial charge on any atom is 0.315 e. The zero-order valence-corrected chi connectivity index (χ0v) is 14.4. The molecule has 2 N–H and O–H groups in total. The first-order valence-electron chi connectivity index (χ1n) is 8.58. The third kappa shape index (κ3) is 3.54. The monoisotopic (exact) mass is 335 g/mol. The van der Waals surface area contributed by atoms with E-state index in [1.807, 2.05) is 20.2 Å². The van der Waals surface area contributed by atoms with Gasteiger partial charge >= 0.3 is 6.03 Å². The summed E-state index contributed by atoms with van der Waals surface area (Å²) in [7, 11) is 4.09. The van der Waals surface area contributed by atoms with Crippen LogP contribution in [0.1, 0.15) is 36.4 Å². The Balaban J connectivity index is 1.58. The molecule has 2 aliphatic rings. The van der Waals surface area contributed by atoms with Gasteiger partial charge in [0.05, 0.1) is 6.04 Å². The van der Waals surface area contributed by atoms with Crippen molar-refractivity contribution in [1.82, 2.24) is 15.5 Å². The lowest BCUT2D eigenvalue weighted by Gasteiger charge is -2.42. The molecule has 1 saturated heterocycles. The van der Waals surface area contributed by atoms with Gasteiger partial charge in [-0.15, -0.1) is 0 Å². The number of carbonyl (C=O) groups excluding carboxylic acids is 1. The third-order valence-electron chi connectivity index (χ3n) is 5.44. The first kappa shape index (κ1) is 17.2. The molecule has 0 radical (unpaired) electrons. The largest absolute Gasteiger partial charge is 0.381 e. The van der Waals surface area contributed by atoms with Crippen LogP contribution in [0.3, 0.4) is 0 Å². The number of fused-ring (bicyclic) bond motifs is 1. The zero-order valence-electron chi connectivity index (χ0n) is 14.4. The van der Waals surface area contributed by atoms with Gasteiger partial charge in [0.1, 0.15) is 5.82 Å². The van der Waals surface area contributed by atoms with Gasteiger partial charge in [0, 0.05) is 25.3 Å². The molecule has 0 unspecified atom stereocenters. The van der Waals surface area contributed by atoms with Crippen LogP contribution in [-0.2, 0) is 11.2 Å². The summed E-state index contributed by atoms with van der Waals surface area (Å²) < 4.78 is 18.9. The van der Waals surface area contributed by atoms with Crippen LogP contribution >= 0.6 is 0 Å². The van der Waals surface area contributed by atoms with Crippen LogP contribution in [0.2, 0.25) is 0 Å². The SMILES string of the molecule is CN(C)C1(CNC(=O)N[C@H]2CCc3ccc(F)cc32)CCOCC1. The van der Waals surface area contributed by atoms with Crippen LogP contribution in [0.15, 0.2) is 18.2 Å². The number of carbonyl (C=O) groups is 1. The van der Waals surface area contributed by atoms with Crippen molar-refractivity contribution in [3.05, 3.63) is 35.1 Å². The van der Waals surface area contributed by atoms with Crippen molar-refractivity contribution >= 4 is 6.03 Å². The molecule has 2 amide bonds. The highest BCUT2D eigenvalue weighted by molar-refractivity contribution is 5.74. The van der Waals surface area contributed by atoms with E-state index in [-0.39, 0.29) is 23.4 Å². The van der Waals surface area contributed by atoms with Crippen LogP contribution in [0, 0.1) is 5.82 Å². The van der Waals surface area contributed by atoms with E-state index in [9.17, 15) is 9.18 Å². The summed E-state index contributed by atoms with van der Waals surface area (Å²) in [4.78, 5) is 14.5. The number of halogens is 1. The van der Waals surface area contributed by atoms with E-state index in [0.29, 0.717) is 6.54 Å². The second-order valence-electron chi connectivity index (χ2n) is 6.99. The number of likely N-dealkylation sites (N-methyl/N-ethyl adjacent to an activating group) is 1. The molecule has 6 heteroatoms. The fourth-order valence-electron chi connectivity index (χ4n) is 3.71. The molecule has 1 heterocycles. The van der Waals surface area contributed by atoms with Crippen molar-refractivity contribution in [3.63, 3.8) is 0 Å². The number of ether oxygens (including phenoxy) is 1. The average Bonchev–Trinajstić information content (AvgIpc) is 2.96. The van der Waals surface area contributed by atoms with Gasteiger partial charge < -0.3 is 20.3 Å². The van der Waals surface area contributed by atoms with Gasteiger partial charge in [0.15, 0.2) is 0 Å². The van der Waals surface area contributed by atoms with Crippen LogP contribution in [0.4, 0.5) is 9.18 Å². The van der Waals surface area contributed by atoms with Crippen molar-refractivity contribution in [2.45, 2.75) is 37.3 Å². The lowest BCUT2D eigenvalue weighted by atomic mass is 9.88. The van der Waals surface area contributed by atoms with Crippen LogP contribution in [0.5, 0.6) is 0 Å². The molecule has 1 aromatic carbocycles. The fraction of sp³-hybridized carbons (Fsp3) is 0.611. The lowest BCUT2D eigenvalue weighted by Crippen LogP contribution is -2.56. The number of nitrogens with zero attached hydrogens (tertiary/aromatic N) is 1. The van der Waals surface area contributed by atoms with Crippen molar-refractivity contribution in [2.24, 2.45) is 0 Å². The minimum absolute atomic E-state index is 0.0602. The Morgan fingerprint density at radius 2 is 2.12 bits per heavy atom. The topological polar surface area (TPSA) is 53.6 Å². The van der Waals surface area contributed by atoms with Gasteiger partial charge in [-0.1, -0.05) is 6.07 Å². The maximum absolute atomic E-state index is 13.5. The molecular weight excluding hydrogens is 309 g/mol. The van der Waals surface area contributed by atoms with E-state index in [1.165, 1.54) is 12.1 Å². The highest BCUT2D eigenvalue weighted by atomic mass is 19.1. The highest BCUT2D eigenvalue weighted by Gasteiger charge is 2.35. The Morgan fingerprint density at radius 3 is 2.83 bits per heavy atom. The van der Waals surface area contributed by atoms with Gasteiger partial charge in [-0.05, 0) is 63.0 Å². The smallest absolute Gasteiger partial charge is 0.315 e. The fourth-order valence-corrected chi connectivity index (χ4v) is 3.71. The van der Waals surface area contributed by atoms with E-state index in [0.717, 1.165) is 50.0 Å². The van der Waals surface area contributed by atoms with Crippen molar-refractivity contribution in [2.75, 3.05) is 33.9 Å². The Labute approximate surface area is 142 Å². The number of hydrogen-bond donors (Lipinski definition) is 2. The predicted octanol–water partition coefficient (Wildman–Crippen LogP) is 2.22. The Bertz CT molecular complexity index is 600. The average molecular weight is 335 g/mol. The van der Waals surface area contributed by atoms with Crippen molar-refractivity contribution in [3.8, 4) is 0 Å². The lowest BCUT2D eigenvalue weighted by molar-refractivity contribution is -0.00575. The number of hydrogen-bond acceptors (Lipinski definition) is 3. The molecule has 1 fully saturated rings. The van der Waals surface area contributed by atoms with Crippen molar-refractivity contribution < 1.29 is 13.9 Å². The quantitative estimate of drug-likeness (QED) is 0.887. The van der Waals surface area contributed by atoms with Gasteiger partial charge in [0.2, 0.25) is 0 Å². The number of urea groups is 1. The molecule has 1 aromatic rings. The van der Waals surface area contributed by atoms with E-state index in [1.54, 1.807) is 0 Å². The molecule has 132 valence electrons. The van der Waals surface area contributed by atoms with Gasteiger partial charge in [0.25, 0.3) is 0 Å². The molecule has 0 bridgehead atoms. The molecule has 3 rings (SSSR count). The van der Waals surface area contributed by atoms with E-state index < -0.39 is 0 Å². The van der Waals surface area contributed by atoms with E-state index >= 15 is 0 Å². The van der Waals surface area contributed by atoms with Crippen LogP contribution in [0.25, 0.3) is 0 Å². The Hall–Kier alpha value is -1.66. The maximum atomic E-state index is 13.5. The van der Waals surface area contributed by atoms with E-state index in [2.05, 4.69) is 15.5 Å². The van der Waals surface area contributed by atoms with Crippen LogP contribution in [-0.4, -0.2) is 50.3 Å². The summed E-state index contributed by atoms with van der Waals surface area (Å²) in [5.74, 6) is -0.253. The molecule has 0 spiro atoms. The third-order valence-corrected chi connectivity index (χ3v) is 5.44. The van der Waals surface area contributed by atoms with E-state index in [4.69, 9.17) is 4.74 Å². The van der Waals surface area contributed by atoms with Gasteiger partial charge in [-0.25, -0.2) is 9.18 Å². The number of benzene rings is 1. The number of nitrogens with one attached hydrogen (secondary N) is 2. The molecular formula is C18H26FN3O2. The second-order valence-corrected chi connectivity index (χ2v) is 6.99. The second kappa shape index (κ2) is 7.07. The highest BCUT2D eigenvalue weighted by Crippen LogP contribution is 2.31. The standard InChI is InChI=1S/C18H26FN3O2/c1-22(2)18(7-9-24-10-8-18)12-20-17(23)21-16-6-4-13-3-5-14(19)11-15(13)16/h3,5,11,16H,4,6-10,12H2,1-2H3,(H2,20,21,23)/t16-/m0/s1. The minimum atomic E-state index is -0.253. The summed E-state index contributed by atoms with van der Waals surface area (Å²) in [5.41, 5.74) is 1.96. The summed E-state index contributed by atoms with van der Waals surface area (Å²) in [6, 6.07) is 4.53. The van der Waals surface area contributed by atoms with Gasteiger partial charge in [-0.2, -0.15) is 0 Å². The first-order valence-corrected chi connectivity index (χ1v) is 8.58. The van der Waals surface area contributed by atoms with Crippen molar-refractivity contribution in [1.29, 1.82) is 0 Å². The molecule has 1 atom stereocenters. The molecule has 1 aliphatic carbocycles. The normalized spacial score (nSPS) is 22.2. The first-order chi connectivity index (χ1) is 11.5. The summed E-state index contributed by atoms with van der Waals surface area (Å²) in [6.45, 7) is 2.02. The number of aryl methyl sites for hydroxylation is 1. The zero-order chi connectivity index (χ0) is 17.2. The molecule has 5 nitrogen and oxygen atoms in total. The Kier molecular flexibility index (Phi) is 5.06. The van der Waals surface area contributed by atoms with Gasteiger partial charge in [-0.3, -0.25) is 0 Å². The Morgan fingerprint density at radius 1 is 1.38 bits per heavy atom. The number of amides is 2. The minimum Gasteiger partial charge on any atom is -0.381 e. The predicted molar refractivity (Wildman–Crippen MR) is 90.5 cm³/mol.